The maximum Gasteiger partial charge on any atom is 0.0608 e. The summed E-state index contributed by atoms with van der Waals surface area (Å²) in [4.78, 5) is 0. The molecule has 1 heterocycles. The summed E-state index contributed by atoms with van der Waals surface area (Å²) < 4.78 is 5.09. The Kier molecular flexibility index (Phi) is 3.69. The van der Waals surface area contributed by atoms with Gasteiger partial charge in [-0.3, -0.25) is 0 Å². The lowest BCUT2D eigenvalue weighted by Crippen LogP contribution is -2.37. The predicted molar refractivity (Wildman–Crippen MR) is 49.9 cm³/mol. The third-order valence-corrected chi connectivity index (χ3v) is 3.52. The summed E-state index contributed by atoms with van der Waals surface area (Å²) in [6.45, 7) is 6.19. The van der Waals surface area contributed by atoms with Crippen molar-refractivity contribution in [3.8, 4) is 0 Å². The molecule has 2 atom stereocenters. The van der Waals surface area contributed by atoms with Gasteiger partial charge in [-0.15, -0.1) is 11.8 Å². The van der Waals surface area contributed by atoms with Crippen molar-refractivity contribution in [3.05, 3.63) is 0 Å². The zero-order valence-electron chi connectivity index (χ0n) is 7.25. The van der Waals surface area contributed by atoms with Crippen molar-refractivity contribution in [2.75, 3.05) is 13.2 Å². The van der Waals surface area contributed by atoms with Gasteiger partial charge in [-0.05, 0) is 6.42 Å². The zero-order valence-corrected chi connectivity index (χ0v) is 8.06. The fourth-order valence-electron chi connectivity index (χ4n) is 1.03. The van der Waals surface area contributed by atoms with Gasteiger partial charge in [0.15, 0.2) is 0 Å². The molecular formula is C8H17NOS. The Morgan fingerprint density at radius 1 is 1.64 bits per heavy atom. The minimum absolute atomic E-state index is 0.348. The maximum atomic E-state index is 5.88. The zero-order chi connectivity index (χ0) is 8.27. The number of hydrogen-bond acceptors (Lipinski definition) is 3. The van der Waals surface area contributed by atoms with Crippen LogP contribution in [0.4, 0.5) is 0 Å². The molecule has 0 saturated carbocycles. The van der Waals surface area contributed by atoms with Crippen molar-refractivity contribution in [3.63, 3.8) is 0 Å². The second-order valence-electron chi connectivity index (χ2n) is 3.07. The van der Waals surface area contributed by atoms with Crippen LogP contribution >= 0.6 is 11.8 Å². The lowest BCUT2D eigenvalue weighted by molar-refractivity contribution is 0.0452. The van der Waals surface area contributed by atoms with E-state index in [2.05, 4.69) is 13.8 Å². The molecule has 0 radical (unpaired) electrons. The van der Waals surface area contributed by atoms with Crippen LogP contribution in [-0.2, 0) is 4.74 Å². The molecule has 66 valence electrons. The Morgan fingerprint density at radius 2 is 2.27 bits per heavy atom. The van der Waals surface area contributed by atoms with Crippen LogP contribution in [0.15, 0.2) is 0 Å². The fraction of sp³-hybridized carbons (Fsp3) is 1.00. The molecule has 1 aliphatic rings. The van der Waals surface area contributed by atoms with Gasteiger partial charge >= 0.3 is 0 Å². The van der Waals surface area contributed by atoms with Crippen molar-refractivity contribution in [2.45, 2.75) is 36.8 Å². The summed E-state index contributed by atoms with van der Waals surface area (Å²) in [6, 6.07) is 0.348. The molecule has 0 amide bonds. The summed E-state index contributed by atoms with van der Waals surface area (Å²) in [5.41, 5.74) is 5.88. The van der Waals surface area contributed by atoms with E-state index in [1.165, 1.54) is 0 Å². The van der Waals surface area contributed by atoms with Crippen LogP contribution in [0, 0.1) is 0 Å². The Hall–Kier alpha value is 0.270. The molecule has 0 aromatic rings. The van der Waals surface area contributed by atoms with Gasteiger partial charge in [0.05, 0.1) is 18.5 Å². The predicted octanol–water partition coefficient (Wildman–Crippen LogP) is 1.24. The lowest BCUT2D eigenvalue weighted by atomic mass is 10.2. The highest BCUT2D eigenvalue weighted by Gasteiger charge is 2.23. The number of thioether (sulfide) groups is 1. The number of ether oxygens (including phenoxy) is 1. The van der Waals surface area contributed by atoms with E-state index < -0.39 is 0 Å². The van der Waals surface area contributed by atoms with Gasteiger partial charge in [0, 0.05) is 11.3 Å². The molecule has 2 nitrogen and oxygen atoms in total. The van der Waals surface area contributed by atoms with Gasteiger partial charge in [0.1, 0.15) is 0 Å². The Labute approximate surface area is 72.9 Å². The van der Waals surface area contributed by atoms with Gasteiger partial charge in [-0.25, -0.2) is 0 Å². The van der Waals surface area contributed by atoms with E-state index >= 15 is 0 Å². The van der Waals surface area contributed by atoms with Crippen molar-refractivity contribution >= 4 is 11.8 Å². The Morgan fingerprint density at radius 3 is 2.64 bits per heavy atom. The van der Waals surface area contributed by atoms with Crippen molar-refractivity contribution < 1.29 is 4.74 Å². The SMILES string of the molecule is CCC(N)C(C)SC1COC1. The van der Waals surface area contributed by atoms with E-state index in [-0.39, 0.29) is 0 Å². The standard InChI is InChI=1S/C8H17NOS/c1-3-8(9)6(2)11-7-4-10-5-7/h6-8H,3-5,9H2,1-2H3. The van der Waals surface area contributed by atoms with Crippen LogP contribution < -0.4 is 5.73 Å². The molecule has 0 spiro atoms. The van der Waals surface area contributed by atoms with Gasteiger partial charge in [-0.1, -0.05) is 13.8 Å². The maximum absolute atomic E-state index is 5.88. The third kappa shape index (κ3) is 2.65. The van der Waals surface area contributed by atoms with Crippen LogP contribution in [0.3, 0.4) is 0 Å². The normalized spacial score (nSPS) is 24.3. The Balaban J connectivity index is 2.13. The number of nitrogens with two attached hydrogens (primary N) is 1. The van der Waals surface area contributed by atoms with Crippen LogP contribution in [0.5, 0.6) is 0 Å². The first kappa shape index (κ1) is 9.36. The van der Waals surface area contributed by atoms with E-state index in [1.54, 1.807) is 0 Å². The summed E-state index contributed by atoms with van der Waals surface area (Å²) in [7, 11) is 0. The van der Waals surface area contributed by atoms with E-state index in [0.717, 1.165) is 19.6 Å². The molecule has 1 fully saturated rings. The third-order valence-electron chi connectivity index (χ3n) is 2.09. The molecule has 0 aromatic heterocycles. The molecule has 2 N–H and O–H groups in total. The first-order chi connectivity index (χ1) is 5.24. The first-order valence-electron chi connectivity index (χ1n) is 4.22. The highest BCUT2D eigenvalue weighted by atomic mass is 32.2. The van der Waals surface area contributed by atoms with Crippen LogP contribution in [-0.4, -0.2) is 29.8 Å². The molecule has 1 rings (SSSR count). The summed E-state index contributed by atoms with van der Waals surface area (Å²) in [6.07, 6.45) is 1.07. The second kappa shape index (κ2) is 4.33. The minimum Gasteiger partial charge on any atom is -0.379 e. The van der Waals surface area contributed by atoms with E-state index in [1.807, 2.05) is 11.8 Å². The van der Waals surface area contributed by atoms with E-state index in [0.29, 0.717) is 16.5 Å². The highest BCUT2D eigenvalue weighted by Crippen LogP contribution is 2.25. The fourth-order valence-corrected chi connectivity index (χ4v) is 2.38. The lowest BCUT2D eigenvalue weighted by Gasteiger charge is -2.29. The number of rotatable bonds is 4. The average molecular weight is 175 g/mol. The quantitative estimate of drug-likeness (QED) is 0.698. The van der Waals surface area contributed by atoms with Gasteiger partial charge < -0.3 is 10.5 Å². The topological polar surface area (TPSA) is 35.2 Å². The second-order valence-corrected chi connectivity index (χ2v) is 4.76. The van der Waals surface area contributed by atoms with Gasteiger partial charge in [0.25, 0.3) is 0 Å². The summed E-state index contributed by atoms with van der Waals surface area (Å²) in [5, 5.41) is 1.29. The molecule has 1 aliphatic heterocycles. The molecule has 0 aliphatic carbocycles. The summed E-state index contributed by atoms with van der Waals surface area (Å²) >= 11 is 1.97. The van der Waals surface area contributed by atoms with Crippen LogP contribution in [0.2, 0.25) is 0 Å². The van der Waals surface area contributed by atoms with Crippen LogP contribution in [0.25, 0.3) is 0 Å². The van der Waals surface area contributed by atoms with Gasteiger partial charge in [0.2, 0.25) is 0 Å². The van der Waals surface area contributed by atoms with E-state index in [9.17, 15) is 0 Å². The average Bonchev–Trinajstić information content (AvgIpc) is 1.94. The molecule has 2 unspecified atom stereocenters. The van der Waals surface area contributed by atoms with Crippen molar-refractivity contribution in [1.29, 1.82) is 0 Å². The molecule has 11 heavy (non-hydrogen) atoms. The monoisotopic (exact) mass is 175 g/mol. The largest absolute Gasteiger partial charge is 0.379 e. The molecule has 0 bridgehead atoms. The highest BCUT2D eigenvalue weighted by molar-refractivity contribution is 8.00. The minimum atomic E-state index is 0.348. The summed E-state index contributed by atoms with van der Waals surface area (Å²) in [5.74, 6) is 0. The molecule has 3 heteroatoms. The van der Waals surface area contributed by atoms with Crippen LogP contribution in [0.1, 0.15) is 20.3 Å². The van der Waals surface area contributed by atoms with Crippen molar-refractivity contribution in [2.24, 2.45) is 5.73 Å². The molecule has 1 saturated heterocycles. The first-order valence-corrected chi connectivity index (χ1v) is 5.17. The van der Waals surface area contributed by atoms with E-state index in [4.69, 9.17) is 10.5 Å². The molecule has 0 aromatic carbocycles. The Bertz CT molecular complexity index is 117. The smallest absolute Gasteiger partial charge is 0.0608 e. The van der Waals surface area contributed by atoms with Gasteiger partial charge in [-0.2, -0.15) is 0 Å². The number of hydrogen-bond donors (Lipinski definition) is 1. The molecular weight excluding hydrogens is 158 g/mol. The van der Waals surface area contributed by atoms with Crippen molar-refractivity contribution in [1.82, 2.24) is 0 Å².